The maximum absolute atomic E-state index is 11.7. The van der Waals surface area contributed by atoms with Crippen LogP contribution in [0.3, 0.4) is 0 Å². The summed E-state index contributed by atoms with van der Waals surface area (Å²) in [6, 6.07) is 0. The smallest absolute Gasteiger partial charge is 0.305 e. The zero-order valence-corrected chi connectivity index (χ0v) is 12.4. The van der Waals surface area contributed by atoms with E-state index in [0.717, 1.165) is 32.3 Å². The molecule has 1 aliphatic rings. The normalized spacial score (nSPS) is 21.4. The fraction of sp³-hybridized carbons (Fsp3) is 0.933. The van der Waals surface area contributed by atoms with Crippen LogP contribution in [-0.2, 0) is 14.3 Å². The Morgan fingerprint density at radius 2 is 2.16 bits per heavy atom. The van der Waals surface area contributed by atoms with E-state index in [0.29, 0.717) is 31.4 Å². The zero-order valence-electron chi connectivity index (χ0n) is 12.4. The molecule has 2 atom stereocenters. The quantitative estimate of drug-likeness (QED) is 0.689. The van der Waals surface area contributed by atoms with Crippen molar-refractivity contribution in [3.63, 3.8) is 0 Å². The van der Waals surface area contributed by atoms with Gasteiger partial charge in [-0.2, -0.15) is 0 Å². The summed E-state index contributed by atoms with van der Waals surface area (Å²) >= 11 is 0. The molecular formula is C15H29NO3. The molecule has 4 heteroatoms. The van der Waals surface area contributed by atoms with Gasteiger partial charge in [-0.25, -0.2) is 0 Å². The summed E-state index contributed by atoms with van der Waals surface area (Å²) in [6.07, 6.45) is 5.77. The zero-order chi connectivity index (χ0) is 14.1. The molecule has 0 spiro atoms. The summed E-state index contributed by atoms with van der Waals surface area (Å²) in [6.45, 7) is 6.27. The Bertz CT molecular complexity index is 250. The van der Waals surface area contributed by atoms with Crippen LogP contribution in [0.2, 0.25) is 0 Å². The van der Waals surface area contributed by atoms with Gasteiger partial charge in [0.1, 0.15) is 6.61 Å². The Labute approximate surface area is 117 Å². The highest BCUT2D eigenvalue weighted by molar-refractivity contribution is 5.69. The minimum Gasteiger partial charge on any atom is -0.463 e. The minimum absolute atomic E-state index is 0.100. The first kappa shape index (κ1) is 16.4. The lowest BCUT2D eigenvalue weighted by Gasteiger charge is -2.23. The van der Waals surface area contributed by atoms with E-state index in [4.69, 9.17) is 15.2 Å². The van der Waals surface area contributed by atoms with Gasteiger partial charge in [-0.3, -0.25) is 4.79 Å². The van der Waals surface area contributed by atoms with Crippen molar-refractivity contribution in [1.82, 2.24) is 0 Å². The second-order valence-corrected chi connectivity index (χ2v) is 5.79. The Balaban J connectivity index is 2.15. The van der Waals surface area contributed by atoms with Crippen molar-refractivity contribution in [1.29, 1.82) is 0 Å². The summed E-state index contributed by atoms with van der Waals surface area (Å²) < 4.78 is 10.8. The van der Waals surface area contributed by atoms with Crippen molar-refractivity contribution < 1.29 is 14.3 Å². The number of esters is 1. The molecule has 0 aromatic rings. The maximum atomic E-state index is 11.7. The molecule has 112 valence electrons. The van der Waals surface area contributed by atoms with E-state index in [2.05, 4.69) is 13.8 Å². The third-order valence-corrected chi connectivity index (χ3v) is 3.90. The van der Waals surface area contributed by atoms with E-state index in [1.807, 2.05) is 0 Å². The van der Waals surface area contributed by atoms with Gasteiger partial charge in [-0.1, -0.05) is 13.8 Å². The summed E-state index contributed by atoms with van der Waals surface area (Å²) in [5, 5.41) is 0. The van der Waals surface area contributed by atoms with E-state index >= 15 is 0 Å². The number of rotatable bonds is 8. The number of ether oxygens (including phenoxy) is 2. The summed E-state index contributed by atoms with van der Waals surface area (Å²) in [7, 11) is 0. The summed E-state index contributed by atoms with van der Waals surface area (Å²) in [5.74, 6) is 0.985. The third-order valence-electron chi connectivity index (χ3n) is 3.90. The van der Waals surface area contributed by atoms with Crippen molar-refractivity contribution >= 4 is 5.97 Å². The fourth-order valence-electron chi connectivity index (χ4n) is 2.53. The Morgan fingerprint density at radius 1 is 1.37 bits per heavy atom. The van der Waals surface area contributed by atoms with Crippen LogP contribution in [0.5, 0.6) is 0 Å². The Morgan fingerprint density at radius 3 is 2.74 bits per heavy atom. The van der Waals surface area contributed by atoms with E-state index in [9.17, 15) is 4.79 Å². The molecule has 1 heterocycles. The maximum Gasteiger partial charge on any atom is 0.305 e. The van der Waals surface area contributed by atoms with E-state index in [1.165, 1.54) is 6.42 Å². The predicted octanol–water partition coefficient (Wildman–Crippen LogP) is 2.50. The standard InChI is InChI=1S/C15H29NO3/c1-12(2)13(8-9-16)6-7-15(17)19-11-14-5-3-4-10-18-14/h12-14H,3-11,16H2,1-2H3. The first-order valence-corrected chi connectivity index (χ1v) is 7.60. The van der Waals surface area contributed by atoms with E-state index < -0.39 is 0 Å². The van der Waals surface area contributed by atoms with Gasteiger partial charge in [0.05, 0.1) is 6.10 Å². The van der Waals surface area contributed by atoms with Gasteiger partial charge in [0.25, 0.3) is 0 Å². The third kappa shape index (κ3) is 6.92. The highest BCUT2D eigenvalue weighted by Crippen LogP contribution is 2.21. The summed E-state index contributed by atoms with van der Waals surface area (Å²) in [5.41, 5.74) is 5.60. The highest BCUT2D eigenvalue weighted by Gasteiger charge is 2.18. The number of carbonyl (C=O) groups excluding carboxylic acids is 1. The van der Waals surface area contributed by atoms with Crippen LogP contribution < -0.4 is 5.73 Å². The molecule has 1 fully saturated rings. The molecule has 0 radical (unpaired) electrons. The van der Waals surface area contributed by atoms with Crippen LogP contribution >= 0.6 is 0 Å². The number of hydrogen-bond acceptors (Lipinski definition) is 4. The van der Waals surface area contributed by atoms with Crippen molar-refractivity contribution in [2.45, 2.75) is 58.5 Å². The van der Waals surface area contributed by atoms with Crippen molar-refractivity contribution in [2.75, 3.05) is 19.8 Å². The van der Waals surface area contributed by atoms with Gasteiger partial charge in [0.2, 0.25) is 0 Å². The Kier molecular flexibility index (Phi) is 8.07. The van der Waals surface area contributed by atoms with E-state index in [1.54, 1.807) is 0 Å². The monoisotopic (exact) mass is 271 g/mol. The lowest BCUT2D eigenvalue weighted by Crippen LogP contribution is -2.26. The van der Waals surface area contributed by atoms with Crippen molar-refractivity contribution in [3.05, 3.63) is 0 Å². The van der Waals surface area contributed by atoms with Gasteiger partial charge in [-0.15, -0.1) is 0 Å². The van der Waals surface area contributed by atoms with E-state index in [-0.39, 0.29) is 12.1 Å². The van der Waals surface area contributed by atoms with Gasteiger partial charge in [0.15, 0.2) is 0 Å². The molecular weight excluding hydrogens is 242 g/mol. The van der Waals surface area contributed by atoms with Crippen LogP contribution in [0.4, 0.5) is 0 Å². The first-order valence-electron chi connectivity index (χ1n) is 7.60. The van der Waals surface area contributed by atoms with Crippen LogP contribution in [0.25, 0.3) is 0 Å². The lowest BCUT2D eigenvalue weighted by atomic mass is 9.88. The van der Waals surface area contributed by atoms with Crippen molar-refractivity contribution in [3.8, 4) is 0 Å². The highest BCUT2D eigenvalue weighted by atomic mass is 16.6. The molecule has 0 aromatic heterocycles. The van der Waals surface area contributed by atoms with Crippen LogP contribution in [0.1, 0.15) is 52.4 Å². The van der Waals surface area contributed by atoms with Crippen molar-refractivity contribution in [2.24, 2.45) is 17.6 Å². The molecule has 2 N–H and O–H groups in total. The van der Waals surface area contributed by atoms with Crippen LogP contribution in [0, 0.1) is 11.8 Å². The minimum atomic E-state index is -0.100. The fourth-order valence-corrected chi connectivity index (χ4v) is 2.53. The molecule has 0 bridgehead atoms. The topological polar surface area (TPSA) is 61.6 Å². The molecule has 1 aliphatic heterocycles. The molecule has 4 nitrogen and oxygen atoms in total. The number of hydrogen-bond donors (Lipinski definition) is 1. The molecule has 0 aliphatic carbocycles. The van der Waals surface area contributed by atoms with Gasteiger partial charge in [-0.05, 0) is 50.5 Å². The molecule has 0 aromatic carbocycles. The van der Waals surface area contributed by atoms with Crippen LogP contribution in [-0.4, -0.2) is 31.8 Å². The first-order chi connectivity index (χ1) is 9.13. The SMILES string of the molecule is CC(C)C(CCN)CCC(=O)OCC1CCCCO1. The number of carbonyl (C=O) groups is 1. The second kappa shape index (κ2) is 9.32. The predicted molar refractivity (Wildman–Crippen MR) is 75.8 cm³/mol. The molecule has 0 amide bonds. The molecule has 0 saturated carbocycles. The second-order valence-electron chi connectivity index (χ2n) is 5.79. The van der Waals surface area contributed by atoms with Gasteiger partial charge in [0, 0.05) is 13.0 Å². The largest absolute Gasteiger partial charge is 0.463 e. The molecule has 19 heavy (non-hydrogen) atoms. The Hall–Kier alpha value is -0.610. The average Bonchev–Trinajstić information content (AvgIpc) is 2.42. The molecule has 2 unspecified atom stereocenters. The van der Waals surface area contributed by atoms with Crippen LogP contribution in [0.15, 0.2) is 0 Å². The number of nitrogens with two attached hydrogens (primary N) is 1. The average molecular weight is 271 g/mol. The van der Waals surface area contributed by atoms with Gasteiger partial charge >= 0.3 is 5.97 Å². The lowest BCUT2D eigenvalue weighted by molar-refractivity contribution is -0.149. The van der Waals surface area contributed by atoms with Gasteiger partial charge < -0.3 is 15.2 Å². The molecule has 1 saturated heterocycles. The summed E-state index contributed by atoms with van der Waals surface area (Å²) in [4.78, 5) is 11.7. The molecule has 1 rings (SSSR count).